The molecular formula is C35H41NO2. The first-order chi connectivity index (χ1) is 18.7. The van der Waals surface area contributed by atoms with Gasteiger partial charge >= 0.3 is 0 Å². The van der Waals surface area contributed by atoms with Crippen molar-refractivity contribution in [3.8, 4) is 5.75 Å². The summed E-state index contributed by atoms with van der Waals surface area (Å²) in [6.07, 6.45) is 21.0. The maximum Gasteiger partial charge on any atom is 0.159 e. The highest BCUT2D eigenvalue weighted by Crippen LogP contribution is 2.35. The Hall–Kier alpha value is -3.20. The van der Waals surface area contributed by atoms with Crippen LogP contribution in [0, 0.1) is 11.8 Å². The van der Waals surface area contributed by atoms with Crippen LogP contribution in [-0.4, -0.2) is 10.8 Å². The van der Waals surface area contributed by atoms with Gasteiger partial charge < -0.3 is 4.74 Å². The number of carbonyl (C=O) groups is 1. The molecule has 2 aromatic carbocycles. The number of fused-ring (bicyclic) bond motifs is 1. The van der Waals surface area contributed by atoms with Crippen molar-refractivity contribution < 1.29 is 9.53 Å². The summed E-state index contributed by atoms with van der Waals surface area (Å²) in [6.45, 7) is 0. The molecule has 38 heavy (non-hydrogen) atoms. The summed E-state index contributed by atoms with van der Waals surface area (Å²) in [6, 6.07) is 21.1. The third kappa shape index (κ3) is 7.66. The minimum Gasteiger partial charge on any atom is -0.457 e. The van der Waals surface area contributed by atoms with Crippen LogP contribution in [0.4, 0.5) is 0 Å². The van der Waals surface area contributed by atoms with Crippen molar-refractivity contribution in [2.24, 2.45) is 11.8 Å². The molecule has 1 heterocycles. The van der Waals surface area contributed by atoms with Crippen LogP contribution in [0.3, 0.4) is 0 Å². The van der Waals surface area contributed by atoms with Gasteiger partial charge in [0.05, 0.1) is 0 Å². The van der Waals surface area contributed by atoms with Crippen molar-refractivity contribution >= 4 is 11.5 Å². The summed E-state index contributed by atoms with van der Waals surface area (Å²) in [7, 11) is 0. The molecule has 0 unspecified atom stereocenters. The van der Waals surface area contributed by atoms with Crippen LogP contribution in [0.15, 0.2) is 79.1 Å². The van der Waals surface area contributed by atoms with Gasteiger partial charge in [0.15, 0.2) is 5.78 Å². The summed E-state index contributed by atoms with van der Waals surface area (Å²) < 4.78 is 6.33. The highest BCUT2D eigenvalue weighted by molar-refractivity contribution is 5.96. The van der Waals surface area contributed by atoms with Gasteiger partial charge in [-0.3, -0.25) is 9.78 Å². The van der Waals surface area contributed by atoms with Crippen LogP contribution in [-0.2, 0) is 24.1 Å². The molecule has 0 N–H and O–H groups in total. The zero-order valence-electron chi connectivity index (χ0n) is 22.6. The first-order valence-electron chi connectivity index (χ1n) is 14.7. The van der Waals surface area contributed by atoms with Gasteiger partial charge in [0.1, 0.15) is 11.5 Å². The topological polar surface area (TPSA) is 39.2 Å². The number of pyridine rings is 1. The number of benzene rings is 2. The second-order valence-corrected chi connectivity index (χ2v) is 11.3. The lowest BCUT2D eigenvalue weighted by Gasteiger charge is -2.28. The SMILES string of the molecule is O=C1C=C(Oc2cccc(CCCC3CCC(CCCc4ccncc4)CC3)c2)c2ccccc2CCC1. The molecule has 0 bridgehead atoms. The number of aryl methyl sites for hydroxylation is 3. The second kappa shape index (κ2) is 13.6. The van der Waals surface area contributed by atoms with E-state index in [1.807, 2.05) is 24.5 Å². The first kappa shape index (κ1) is 26.4. The highest BCUT2D eigenvalue weighted by atomic mass is 16.5. The van der Waals surface area contributed by atoms with E-state index in [9.17, 15) is 4.79 Å². The lowest BCUT2D eigenvalue weighted by molar-refractivity contribution is -0.114. The summed E-state index contributed by atoms with van der Waals surface area (Å²) in [5.41, 5.74) is 5.03. The molecule has 198 valence electrons. The van der Waals surface area contributed by atoms with Gasteiger partial charge in [-0.25, -0.2) is 0 Å². The van der Waals surface area contributed by atoms with E-state index < -0.39 is 0 Å². The third-order valence-electron chi connectivity index (χ3n) is 8.44. The fourth-order valence-electron chi connectivity index (χ4n) is 6.25. The zero-order chi connectivity index (χ0) is 26.0. The Kier molecular flexibility index (Phi) is 9.42. The van der Waals surface area contributed by atoms with E-state index in [0.717, 1.165) is 42.4 Å². The van der Waals surface area contributed by atoms with E-state index in [0.29, 0.717) is 12.2 Å². The van der Waals surface area contributed by atoms with Crippen LogP contribution in [0.5, 0.6) is 5.75 Å². The molecule has 0 spiro atoms. The summed E-state index contributed by atoms with van der Waals surface area (Å²) in [4.78, 5) is 16.5. The molecule has 3 heteroatoms. The van der Waals surface area contributed by atoms with Crippen molar-refractivity contribution in [2.75, 3.05) is 0 Å². The molecule has 1 fully saturated rings. The largest absolute Gasteiger partial charge is 0.457 e. The van der Waals surface area contributed by atoms with Gasteiger partial charge in [0.2, 0.25) is 0 Å². The lowest BCUT2D eigenvalue weighted by atomic mass is 9.78. The van der Waals surface area contributed by atoms with Gasteiger partial charge in [0, 0.05) is 30.5 Å². The van der Waals surface area contributed by atoms with Crippen LogP contribution >= 0.6 is 0 Å². The van der Waals surface area contributed by atoms with E-state index in [4.69, 9.17) is 4.74 Å². The maximum atomic E-state index is 12.4. The van der Waals surface area contributed by atoms with Gasteiger partial charge in [-0.1, -0.05) is 74.9 Å². The molecule has 1 saturated carbocycles. The van der Waals surface area contributed by atoms with E-state index in [1.54, 1.807) is 6.08 Å². The average Bonchev–Trinajstić information content (AvgIpc) is 2.94. The van der Waals surface area contributed by atoms with Crippen LogP contribution in [0.2, 0.25) is 0 Å². The number of rotatable bonds is 10. The number of nitrogens with zero attached hydrogens (tertiary/aromatic N) is 1. The van der Waals surface area contributed by atoms with Crippen LogP contribution < -0.4 is 4.74 Å². The molecule has 5 rings (SSSR count). The standard InChI is InChI=1S/C35H41NO2/c37-32-14-6-13-31-12-1-2-16-34(31)35(26-32)38-33-15-5-11-30(25-33)10-4-8-28-19-17-27(18-20-28)7-3-9-29-21-23-36-24-22-29/h1-2,5,11-12,15-16,21-28H,3-4,6-10,13-14,17-20H2. The van der Waals surface area contributed by atoms with E-state index in [1.165, 1.54) is 74.5 Å². The fourth-order valence-corrected chi connectivity index (χ4v) is 6.25. The molecular weight excluding hydrogens is 466 g/mol. The fraction of sp³-hybridized carbons (Fsp3) is 0.429. The van der Waals surface area contributed by atoms with E-state index >= 15 is 0 Å². The number of ether oxygens (including phenoxy) is 1. The van der Waals surface area contributed by atoms with Crippen molar-refractivity contribution in [1.82, 2.24) is 4.98 Å². The molecule has 0 radical (unpaired) electrons. The van der Waals surface area contributed by atoms with Gasteiger partial charge in [-0.05, 0) is 91.3 Å². The number of aromatic nitrogens is 1. The zero-order valence-corrected chi connectivity index (χ0v) is 22.6. The molecule has 3 nitrogen and oxygen atoms in total. The van der Waals surface area contributed by atoms with E-state index in [2.05, 4.69) is 53.5 Å². The lowest BCUT2D eigenvalue weighted by Crippen LogP contribution is -2.15. The highest BCUT2D eigenvalue weighted by Gasteiger charge is 2.21. The number of hydrogen-bond acceptors (Lipinski definition) is 3. The van der Waals surface area contributed by atoms with Gasteiger partial charge in [-0.15, -0.1) is 0 Å². The Labute approximate surface area is 228 Å². The van der Waals surface area contributed by atoms with Crippen molar-refractivity contribution in [3.05, 3.63) is 101 Å². The van der Waals surface area contributed by atoms with E-state index in [-0.39, 0.29) is 5.78 Å². The summed E-state index contributed by atoms with van der Waals surface area (Å²) >= 11 is 0. The van der Waals surface area contributed by atoms with Gasteiger partial charge in [0.25, 0.3) is 0 Å². The molecule has 0 atom stereocenters. The summed E-state index contributed by atoms with van der Waals surface area (Å²) in [5, 5.41) is 0. The Morgan fingerprint density at radius 2 is 1.47 bits per heavy atom. The molecule has 0 saturated heterocycles. The van der Waals surface area contributed by atoms with Crippen molar-refractivity contribution in [3.63, 3.8) is 0 Å². The van der Waals surface area contributed by atoms with Gasteiger partial charge in [-0.2, -0.15) is 0 Å². The summed E-state index contributed by atoms with van der Waals surface area (Å²) in [5.74, 6) is 3.45. The minimum atomic E-state index is 0.147. The first-order valence-corrected chi connectivity index (χ1v) is 14.7. The van der Waals surface area contributed by atoms with Crippen molar-refractivity contribution in [1.29, 1.82) is 0 Å². The predicted octanol–water partition coefficient (Wildman–Crippen LogP) is 8.56. The second-order valence-electron chi connectivity index (χ2n) is 11.3. The quantitative estimate of drug-likeness (QED) is 0.276. The maximum absolute atomic E-state index is 12.4. The number of ketones is 1. The smallest absolute Gasteiger partial charge is 0.159 e. The Bertz CT molecular complexity index is 1210. The number of allylic oxidation sites excluding steroid dienone is 1. The molecule has 0 aliphatic heterocycles. The average molecular weight is 508 g/mol. The molecule has 1 aromatic heterocycles. The predicted molar refractivity (Wildman–Crippen MR) is 155 cm³/mol. The van der Waals surface area contributed by atoms with Crippen LogP contribution in [0.1, 0.15) is 86.5 Å². The number of carbonyl (C=O) groups excluding carboxylic acids is 1. The Morgan fingerprint density at radius 3 is 2.24 bits per heavy atom. The minimum absolute atomic E-state index is 0.147. The molecule has 2 aliphatic carbocycles. The molecule has 3 aromatic rings. The molecule has 0 amide bonds. The number of hydrogen-bond donors (Lipinski definition) is 0. The van der Waals surface area contributed by atoms with Crippen molar-refractivity contribution in [2.45, 2.75) is 83.5 Å². The Morgan fingerprint density at radius 1 is 0.763 bits per heavy atom. The monoisotopic (exact) mass is 507 g/mol. The van der Waals surface area contributed by atoms with Crippen LogP contribution in [0.25, 0.3) is 5.76 Å². The normalized spacial score (nSPS) is 19.7. The Balaban J connectivity index is 1.07. The third-order valence-corrected chi connectivity index (χ3v) is 8.44. The molecule has 2 aliphatic rings.